The second-order valence-electron chi connectivity index (χ2n) is 4.95. The van der Waals surface area contributed by atoms with E-state index in [9.17, 15) is 4.79 Å². The Morgan fingerprint density at radius 2 is 2.00 bits per heavy atom. The minimum atomic E-state index is -0.571. The van der Waals surface area contributed by atoms with E-state index in [0.717, 1.165) is 24.8 Å². The third kappa shape index (κ3) is 2.25. The van der Waals surface area contributed by atoms with Gasteiger partial charge in [0.05, 0.1) is 10.4 Å². The van der Waals surface area contributed by atoms with E-state index in [2.05, 4.69) is 0 Å². The van der Waals surface area contributed by atoms with Crippen molar-refractivity contribution in [2.24, 2.45) is 11.1 Å². The van der Waals surface area contributed by atoms with Crippen LogP contribution in [-0.2, 0) is 11.3 Å². The number of nitrogens with zero attached hydrogens (tertiary/aromatic N) is 1. The van der Waals surface area contributed by atoms with Gasteiger partial charge in [0.15, 0.2) is 0 Å². The number of hydrogen-bond acceptors (Lipinski definition) is 2. The highest BCUT2D eigenvalue weighted by Crippen LogP contribution is 2.42. The van der Waals surface area contributed by atoms with E-state index in [4.69, 9.17) is 18.0 Å². The number of nitrogens with two attached hydrogens (primary N) is 1. The molecule has 0 unspecified atom stereocenters. The highest BCUT2D eigenvalue weighted by Gasteiger charge is 2.48. The zero-order valence-electron chi connectivity index (χ0n) is 10.6. The molecule has 0 heterocycles. The fourth-order valence-corrected chi connectivity index (χ4v) is 2.68. The molecule has 1 amide bonds. The molecule has 0 radical (unpaired) electrons. The van der Waals surface area contributed by atoms with Crippen molar-refractivity contribution < 1.29 is 4.79 Å². The molecule has 0 aliphatic heterocycles. The highest BCUT2D eigenvalue weighted by molar-refractivity contribution is 7.80. The number of benzene rings is 1. The number of hydrogen-bond donors (Lipinski definition) is 1. The molecule has 0 saturated heterocycles. The third-order valence-corrected chi connectivity index (χ3v) is 4.09. The Hall–Kier alpha value is -1.42. The van der Waals surface area contributed by atoms with Gasteiger partial charge in [0.2, 0.25) is 5.91 Å². The van der Waals surface area contributed by atoms with Gasteiger partial charge in [-0.1, -0.05) is 49.0 Å². The minimum Gasteiger partial charge on any atom is -0.392 e. The Morgan fingerprint density at radius 3 is 2.44 bits per heavy atom. The molecule has 4 heteroatoms. The first kappa shape index (κ1) is 13.0. The van der Waals surface area contributed by atoms with Crippen molar-refractivity contribution in [1.29, 1.82) is 0 Å². The summed E-state index contributed by atoms with van der Waals surface area (Å²) in [7, 11) is 1.81. The Bertz CT molecular complexity index is 454. The quantitative estimate of drug-likeness (QED) is 0.845. The summed E-state index contributed by atoms with van der Waals surface area (Å²) >= 11 is 5.07. The van der Waals surface area contributed by atoms with Crippen molar-refractivity contribution in [1.82, 2.24) is 4.90 Å². The topological polar surface area (TPSA) is 46.3 Å². The Balaban J connectivity index is 2.07. The SMILES string of the molecule is CN(Cc1ccccc1)C(=O)C1(C(N)=S)CCC1. The summed E-state index contributed by atoms with van der Waals surface area (Å²) < 4.78 is 0. The maximum atomic E-state index is 12.5. The van der Waals surface area contributed by atoms with Gasteiger partial charge in [0, 0.05) is 13.6 Å². The standard InChI is InChI=1S/C14H18N2OS/c1-16(10-11-6-3-2-4-7-11)13(17)14(12(15)18)8-5-9-14/h2-4,6-7H,5,8-10H2,1H3,(H2,15,18). The van der Waals surface area contributed by atoms with E-state index in [1.807, 2.05) is 37.4 Å². The molecule has 0 spiro atoms. The second kappa shape index (κ2) is 5.06. The van der Waals surface area contributed by atoms with E-state index < -0.39 is 5.41 Å². The van der Waals surface area contributed by atoms with Crippen LogP contribution >= 0.6 is 12.2 Å². The number of thiocarbonyl (C=S) groups is 1. The smallest absolute Gasteiger partial charge is 0.235 e. The average molecular weight is 262 g/mol. The van der Waals surface area contributed by atoms with Crippen molar-refractivity contribution in [3.8, 4) is 0 Å². The van der Waals surface area contributed by atoms with Crippen LogP contribution in [-0.4, -0.2) is 22.8 Å². The molecular formula is C14H18N2OS. The number of rotatable bonds is 4. The molecule has 1 aromatic carbocycles. The molecule has 2 rings (SSSR count). The van der Waals surface area contributed by atoms with Gasteiger partial charge in [-0.25, -0.2) is 0 Å². The summed E-state index contributed by atoms with van der Waals surface area (Å²) in [4.78, 5) is 14.5. The van der Waals surface area contributed by atoms with Gasteiger partial charge in [0.25, 0.3) is 0 Å². The normalized spacial score (nSPS) is 16.7. The average Bonchev–Trinajstić information content (AvgIpc) is 2.28. The highest BCUT2D eigenvalue weighted by atomic mass is 32.1. The van der Waals surface area contributed by atoms with Crippen molar-refractivity contribution in [2.45, 2.75) is 25.8 Å². The summed E-state index contributed by atoms with van der Waals surface area (Å²) in [6.07, 6.45) is 2.61. The van der Waals surface area contributed by atoms with Crippen LogP contribution < -0.4 is 5.73 Å². The molecular weight excluding hydrogens is 244 g/mol. The Kier molecular flexibility index (Phi) is 3.66. The van der Waals surface area contributed by atoms with Crippen LogP contribution in [0.25, 0.3) is 0 Å². The number of carbonyl (C=O) groups is 1. The van der Waals surface area contributed by atoms with Gasteiger partial charge in [-0.05, 0) is 18.4 Å². The van der Waals surface area contributed by atoms with Gasteiger partial charge in [-0.3, -0.25) is 4.79 Å². The maximum Gasteiger partial charge on any atom is 0.235 e. The van der Waals surface area contributed by atoms with Crippen molar-refractivity contribution in [3.63, 3.8) is 0 Å². The lowest BCUT2D eigenvalue weighted by atomic mass is 9.67. The summed E-state index contributed by atoms with van der Waals surface area (Å²) in [5.41, 5.74) is 6.29. The first-order valence-corrected chi connectivity index (χ1v) is 6.56. The third-order valence-electron chi connectivity index (χ3n) is 3.70. The molecule has 2 N–H and O–H groups in total. The van der Waals surface area contributed by atoms with Gasteiger partial charge in [-0.2, -0.15) is 0 Å². The van der Waals surface area contributed by atoms with E-state index in [1.165, 1.54) is 0 Å². The second-order valence-corrected chi connectivity index (χ2v) is 5.39. The fourth-order valence-electron chi connectivity index (χ4n) is 2.39. The van der Waals surface area contributed by atoms with Crippen LogP contribution in [0.4, 0.5) is 0 Å². The zero-order chi connectivity index (χ0) is 13.2. The van der Waals surface area contributed by atoms with E-state index >= 15 is 0 Å². The largest absolute Gasteiger partial charge is 0.392 e. The van der Waals surface area contributed by atoms with E-state index in [0.29, 0.717) is 11.5 Å². The summed E-state index contributed by atoms with van der Waals surface area (Å²) in [6, 6.07) is 9.93. The van der Waals surface area contributed by atoms with Gasteiger partial charge >= 0.3 is 0 Å². The van der Waals surface area contributed by atoms with Crippen LogP contribution in [0.15, 0.2) is 30.3 Å². The van der Waals surface area contributed by atoms with Gasteiger partial charge in [-0.15, -0.1) is 0 Å². The predicted molar refractivity (Wildman–Crippen MR) is 76.0 cm³/mol. The van der Waals surface area contributed by atoms with Gasteiger partial charge in [0.1, 0.15) is 0 Å². The van der Waals surface area contributed by atoms with Crippen LogP contribution in [0.3, 0.4) is 0 Å². The summed E-state index contributed by atoms with van der Waals surface area (Å²) in [5, 5.41) is 0. The van der Waals surface area contributed by atoms with E-state index in [1.54, 1.807) is 4.90 Å². The molecule has 0 atom stereocenters. The first-order valence-electron chi connectivity index (χ1n) is 6.16. The Labute approximate surface area is 113 Å². The van der Waals surface area contributed by atoms with Crippen LogP contribution in [0.2, 0.25) is 0 Å². The molecule has 1 aliphatic rings. The fraction of sp³-hybridized carbons (Fsp3) is 0.429. The van der Waals surface area contributed by atoms with E-state index in [-0.39, 0.29) is 5.91 Å². The van der Waals surface area contributed by atoms with Crippen LogP contribution in [0, 0.1) is 5.41 Å². The number of carbonyl (C=O) groups excluding carboxylic acids is 1. The Morgan fingerprint density at radius 1 is 1.39 bits per heavy atom. The van der Waals surface area contributed by atoms with Crippen LogP contribution in [0.1, 0.15) is 24.8 Å². The number of amides is 1. The summed E-state index contributed by atoms with van der Waals surface area (Å²) in [5.74, 6) is 0.0603. The molecule has 0 bridgehead atoms. The monoisotopic (exact) mass is 262 g/mol. The lowest BCUT2D eigenvalue weighted by Crippen LogP contribution is -2.53. The molecule has 1 aliphatic carbocycles. The van der Waals surface area contributed by atoms with Crippen molar-refractivity contribution >= 4 is 23.1 Å². The molecule has 1 saturated carbocycles. The lowest BCUT2D eigenvalue weighted by Gasteiger charge is -2.41. The predicted octanol–water partition coefficient (Wildman–Crippen LogP) is 2.10. The summed E-state index contributed by atoms with van der Waals surface area (Å²) in [6.45, 7) is 0.601. The van der Waals surface area contributed by atoms with Crippen LogP contribution in [0.5, 0.6) is 0 Å². The maximum absolute atomic E-state index is 12.5. The minimum absolute atomic E-state index is 0.0603. The molecule has 3 nitrogen and oxygen atoms in total. The molecule has 1 fully saturated rings. The van der Waals surface area contributed by atoms with Gasteiger partial charge < -0.3 is 10.6 Å². The van der Waals surface area contributed by atoms with Crippen molar-refractivity contribution in [2.75, 3.05) is 7.05 Å². The molecule has 0 aromatic heterocycles. The molecule has 18 heavy (non-hydrogen) atoms. The lowest BCUT2D eigenvalue weighted by molar-refractivity contribution is -0.141. The molecule has 1 aromatic rings. The molecule has 96 valence electrons. The zero-order valence-corrected chi connectivity index (χ0v) is 11.4. The first-order chi connectivity index (χ1) is 8.56. The van der Waals surface area contributed by atoms with Crippen molar-refractivity contribution in [3.05, 3.63) is 35.9 Å².